The maximum atomic E-state index is 8.89. The first-order chi connectivity index (χ1) is 7.45. The van der Waals surface area contributed by atoms with E-state index in [4.69, 9.17) is 5.26 Å². The average molecular weight is 218 g/mol. The second-order valence-corrected chi connectivity index (χ2v) is 5.05. The molecule has 0 aliphatic heterocycles. The Morgan fingerprint density at radius 2 is 2.19 bits per heavy atom. The lowest BCUT2D eigenvalue weighted by molar-refractivity contribution is 0.274. The Hall–Kier alpha value is -1.63. The Labute approximate surface area is 96.7 Å². The summed E-state index contributed by atoms with van der Waals surface area (Å²) in [6, 6.07) is 3.76. The van der Waals surface area contributed by atoms with E-state index >= 15 is 0 Å². The minimum absolute atomic E-state index is 0.238. The molecule has 1 unspecified atom stereocenters. The van der Waals surface area contributed by atoms with Crippen LogP contribution < -0.4 is 5.32 Å². The van der Waals surface area contributed by atoms with Crippen molar-refractivity contribution in [2.75, 3.05) is 11.9 Å². The van der Waals surface area contributed by atoms with Gasteiger partial charge in [-0.15, -0.1) is 5.10 Å². The number of nitriles is 1. The van der Waals surface area contributed by atoms with Crippen molar-refractivity contribution >= 4 is 5.82 Å². The average Bonchev–Trinajstić information content (AvgIpc) is 2.24. The van der Waals surface area contributed by atoms with Gasteiger partial charge >= 0.3 is 0 Å². The van der Waals surface area contributed by atoms with Gasteiger partial charge < -0.3 is 5.32 Å². The standard InChI is InChI=1S/C12H18N4/c1-9(12(2,3)4)8-14-11-10(7-13)5-6-15-16-11/h5-6,9H,8H2,1-4H3,(H,14,16). The van der Waals surface area contributed by atoms with E-state index < -0.39 is 0 Å². The second kappa shape index (κ2) is 4.93. The van der Waals surface area contributed by atoms with Crippen molar-refractivity contribution in [3.8, 4) is 6.07 Å². The van der Waals surface area contributed by atoms with Crippen molar-refractivity contribution in [2.45, 2.75) is 27.7 Å². The Balaban J connectivity index is 2.66. The fraction of sp³-hybridized carbons (Fsp3) is 0.583. The maximum Gasteiger partial charge on any atom is 0.166 e. The zero-order valence-corrected chi connectivity index (χ0v) is 10.3. The van der Waals surface area contributed by atoms with Gasteiger partial charge in [0.05, 0.1) is 11.8 Å². The molecule has 16 heavy (non-hydrogen) atoms. The van der Waals surface area contributed by atoms with Crippen LogP contribution in [-0.4, -0.2) is 16.7 Å². The molecule has 1 rings (SSSR count). The highest BCUT2D eigenvalue weighted by Gasteiger charge is 2.20. The van der Waals surface area contributed by atoms with Gasteiger partial charge in [0, 0.05) is 6.54 Å². The van der Waals surface area contributed by atoms with Crippen LogP contribution in [0.4, 0.5) is 5.82 Å². The van der Waals surface area contributed by atoms with Crippen LogP contribution in [0.3, 0.4) is 0 Å². The first-order valence-corrected chi connectivity index (χ1v) is 5.41. The monoisotopic (exact) mass is 218 g/mol. The molecular formula is C12H18N4. The molecule has 0 aliphatic carbocycles. The summed E-state index contributed by atoms with van der Waals surface area (Å²) in [6.07, 6.45) is 1.52. The Morgan fingerprint density at radius 1 is 1.50 bits per heavy atom. The minimum Gasteiger partial charge on any atom is -0.367 e. The number of anilines is 1. The molecule has 1 N–H and O–H groups in total. The molecule has 1 heterocycles. The van der Waals surface area contributed by atoms with Gasteiger partial charge in [0.15, 0.2) is 5.82 Å². The van der Waals surface area contributed by atoms with E-state index in [-0.39, 0.29) is 5.41 Å². The van der Waals surface area contributed by atoms with Gasteiger partial charge in [-0.25, -0.2) is 0 Å². The molecule has 4 nitrogen and oxygen atoms in total. The first kappa shape index (κ1) is 12.4. The lowest BCUT2D eigenvalue weighted by atomic mass is 9.82. The summed E-state index contributed by atoms with van der Waals surface area (Å²) in [5.74, 6) is 1.06. The van der Waals surface area contributed by atoms with Gasteiger partial charge in [-0.2, -0.15) is 10.4 Å². The summed E-state index contributed by atoms with van der Waals surface area (Å²) in [7, 11) is 0. The Kier molecular flexibility index (Phi) is 3.83. The summed E-state index contributed by atoms with van der Waals surface area (Å²) in [4.78, 5) is 0. The lowest BCUT2D eigenvalue weighted by Crippen LogP contribution is -2.25. The van der Waals surface area contributed by atoms with Crippen LogP contribution in [-0.2, 0) is 0 Å². The molecule has 0 radical (unpaired) electrons. The van der Waals surface area contributed by atoms with Crippen molar-refractivity contribution in [1.82, 2.24) is 10.2 Å². The highest BCUT2D eigenvalue weighted by molar-refractivity contribution is 5.50. The van der Waals surface area contributed by atoms with E-state index in [1.54, 1.807) is 6.07 Å². The van der Waals surface area contributed by atoms with Crippen molar-refractivity contribution in [3.05, 3.63) is 17.8 Å². The number of hydrogen-bond acceptors (Lipinski definition) is 4. The van der Waals surface area contributed by atoms with E-state index in [0.29, 0.717) is 17.3 Å². The molecule has 0 saturated heterocycles. The Morgan fingerprint density at radius 3 is 2.75 bits per heavy atom. The number of rotatable bonds is 3. The molecule has 0 bridgehead atoms. The highest BCUT2D eigenvalue weighted by Crippen LogP contribution is 2.25. The second-order valence-electron chi connectivity index (χ2n) is 5.05. The number of aromatic nitrogens is 2. The predicted octanol–water partition coefficient (Wildman–Crippen LogP) is 2.44. The minimum atomic E-state index is 0.238. The summed E-state index contributed by atoms with van der Waals surface area (Å²) >= 11 is 0. The topological polar surface area (TPSA) is 61.6 Å². The fourth-order valence-electron chi connectivity index (χ4n) is 1.11. The summed E-state index contributed by atoms with van der Waals surface area (Å²) < 4.78 is 0. The van der Waals surface area contributed by atoms with Gasteiger partial charge in [0.25, 0.3) is 0 Å². The van der Waals surface area contributed by atoms with E-state index in [1.165, 1.54) is 6.20 Å². The fourth-order valence-corrected chi connectivity index (χ4v) is 1.11. The van der Waals surface area contributed by atoms with Crippen LogP contribution >= 0.6 is 0 Å². The third-order valence-corrected chi connectivity index (χ3v) is 2.90. The molecule has 0 aromatic carbocycles. The summed E-state index contributed by atoms with van der Waals surface area (Å²) in [5, 5.41) is 19.7. The summed E-state index contributed by atoms with van der Waals surface area (Å²) in [5.41, 5.74) is 0.776. The number of nitrogens with one attached hydrogen (secondary N) is 1. The van der Waals surface area contributed by atoms with E-state index in [9.17, 15) is 0 Å². The van der Waals surface area contributed by atoms with Crippen molar-refractivity contribution in [2.24, 2.45) is 11.3 Å². The van der Waals surface area contributed by atoms with Crippen molar-refractivity contribution in [1.29, 1.82) is 5.26 Å². The Bertz CT molecular complexity index is 387. The van der Waals surface area contributed by atoms with Gasteiger partial charge in [0.2, 0.25) is 0 Å². The largest absolute Gasteiger partial charge is 0.367 e. The van der Waals surface area contributed by atoms with Gasteiger partial charge in [-0.05, 0) is 17.4 Å². The molecular weight excluding hydrogens is 200 g/mol. The number of nitrogens with zero attached hydrogens (tertiary/aromatic N) is 3. The van der Waals surface area contributed by atoms with Crippen molar-refractivity contribution < 1.29 is 0 Å². The third-order valence-electron chi connectivity index (χ3n) is 2.90. The molecule has 0 amide bonds. The van der Waals surface area contributed by atoms with E-state index in [2.05, 4.69) is 49.3 Å². The molecule has 1 aromatic heterocycles. The molecule has 0 spiro atoms. The predicted molar refractivity (Wildman–Crippen MR) is 63.9 cm³/mol. The molecule has 1 aromatic rings. The van der Waals surface area contributed by atoms with Gasteiger partial charge in [0.1, 0.15) is 6.07 Å². The zero-order valence-electron chi connectivity index (χ0n) is 10.3. The van der Waals surface area contributed by atoms with Crippen molar-refractivity contribution in [3.63, 3.8) is 0 Å². The van der Waals surface area contributed by atoms with Crippen LogP contribution in [0, 0.1) is 22.7 Å². The van der Waals surface area contributed by atoms with E-state index in [1.807, 2.05) is 0 Å². The highest BCUT2D eigenvalue weighted by atomic mass is 15.2. The maximum absolute atomic E-state index is 8.89. The zero-order chi connectivity index (χ0) is 12.2. The van der Waals surface area contributed by atoms with Gasteiger partial charge in [-0.1, -0.05) is 27.7 Å². The molecule has 0 fully saturated rings. The number of hydrogen-bond donors (Lipinski definition) is 1. The third kappa shape index (κ3) is 3.20. The smallest absolute Gasteiger partial charge is 0.166 e. The van der Waals surface area contributed by atoms with Crippen LogP contribution in [0.2, 0.25) is 0 Å². The molecule has 0 saturated carbocycles. The first-order valence-electron chi connectivity index (χ1n) is 5.41. The van der Waals surface area contributed by atoms with Gasteiger partial charge in [-0.3, -0.25) is 0 Å². The summed E-state index contributed by atoms with van der Waals surface area (Å²) in [6.45, 7) is 9.55. The van der Waals surface area contributed by atoms with Crippen LogP contribution in [0.25, 0.3) is 0 Å². The quantitative estimate of drug-likeness (QED) is 0.846. The molecule has 86 valence electrons. The van der Waals surface area contributed by atoms with Crippen LogP contribution in [0.5, 0.6) is 0 Å². The normalized spacial score (nSPS) is 12.9. The van der Waals surface area contributed by atoms with Crippen LogP contribution in [0.1, 0.15) is 33.3 Å². The lowest BCUT2D eigenvalue weighted by Gasteiger charge is -2.27. The molecule has 0 aliphatic rings. The molecule has 4 heteroatoms. The van der Waals surface area contributed by atoms with E-state index in [0.717, 1.165) is 6.54 Å². The SMILES string of the molecule is CC(CNc1nnccc1C#N)C(C)(C)C. The van der Waals surface area contributed by atoms with Crippen LogP contribution in [0.15, 0.2) is 12.3 Å². The molecule has 1 atom stereocenters.